The Morgan fingerprint density at radius 2 is 1.93 bits per heavy atom. The van der Waals surface area contributed by atoms with E-state index in [-0.39, 0.29) is 18.4 Å². The first-order valence-electron chi connectivity index (χ1n) is 10.7. The molecule has 1 N–H and O–H groups in total. The van der Waals surface area contributed by atoms with Crippen LogP contribution in [0.15, 0.2) is 48.8 Å². The predicted molar refractivity (Wildman–Crippen MR) is 114 cm³/mol. The summed E-state index contributed by atoms with van der Waals surface area (Å²) in [5.41, 5.74) is 1.90. The number of aryl methyl sites for hydroxylation is 1. The molecule has 2 aromatic rings. The van der Waals surface area contributed by atoms with E-state index in [1.165, 1.54) is 0 Å². The van der Waals surface area contributed by atoms with Crippen LogP contribution in [0.25, 0.3) is 0 Å². The maximum absolute atomic E-state index is 13.6. The average molecular weight is 408 g/mol. The largest absolute Gasteiger partial charge is 0.353 e. The number of ether oxygens (including phenoxy) is 1. The number of hydrogen-bond donors (Lipinski definition) is 1. The van der Waals surface area contributed by atoms with E-state index in [9.17, 15) is 9.59 Å². The van der Waals surface area contributed by atoms with Gasteiger partial charge in [0.05, 0.1) is 6.61 Å². The van der Waals surface area contributed by atoms with Crippen LogP contribution in [0.1, 0.15) is 54.1 Å². The molecule has 1 saturated carbocycles. The van der Waals surface area contributed by atoms with Crippen LogP contribution in [0.3, 0.4) is 0 Å². The molecule has 6 heteroatoms. The molecule has 4 rings (SSSR count). The summed E-state index contributed by atoms with van der Waals surface area (Å²) in [7, 11) is 0. The van der Waals surface area contributed by atoms with Gasteiger partial charge in [0, 0.05) is 24.5 Å². The summed E-state index contributed by atoms with van der Waals surface area (Å²) < 4.78 is 6.24. The molecule has 1 aromatic heterocycles. The number of carbonyl (C=O) groups excluding carboxylic acids is 2. The second-order valence-electron chi connectivity index (χ2n) is 8.57. The Kier molecular flexibility index (Phi) is 5.86. The Hall–Kier alpha value is -2.73. The third kappa shape index (κ3) is 4.10. The van der Waals surface area contributed by atoms with Gasteiger partial charge in [-0.3, -0.25) is 19.5 Å². The summed E-state index contributed by atoms with van der Waals surface area (Å²) in [6.07, 6.45) is 6.91. The van der Waals surface area contributed by atoms with Crippen LogP contribution < -0.4 is 5.32 Å². The molecule has 1 atom stereocenters. The van der Waals surface area contributed by atoms with Crippen molar-refractivity contribution in [1.82, 2.24) is 15.2 Å². The molecule has 2 aliphatic rings. The van der Waals surface area contributed by atoms with E-state index in [0.29, 0.717) is 18.0 Å². The average Bonchev–Trinajstić information content (AvgIpc) is 3.13. The van der Waals surface area contributed by atoms with E-state index in [1.54, 1.807) is 17.3 Å². The van der Waals surface area contributed by atoms with Gasteiger partial charge in [-0.15, -0.1) is 0 Å². The van der Waals surface area contributed by atoms with Gasteiger partial charge < -0.3 is 10.1 Å². The molecule has 6 nitrogen and oxygen atoms in total. The first-order valence-corrected chi connectivity index (χ1v) is 10.7. The molecule has 1 spiro atoms. The molecule has 0 radical (unpaired) electrons. The third-order valence-electron chi connectivity index (χ3n) is 6.32. The van der Waals surface area contributed by atoms with Gasteiger partial charge in [-0.1, -0.05) is 24.6 Å². The smallest absolute Gasteiger partial charge is 0.256 e. The van der Waals surface area contributed by atoms with Crippen LogP contribution in [0.4, 0.5) is 0 Å². The highest BCUT2D eigenvalue weighted by atomic mass is 16.5. The zero-order valence-electron chi connectivity index (χ0n) is 17.6. The molecule has 30 heavy (non-hydrogen) atoms. The van der Waals surface area contributed by atoms with Crippen LogP contribution in [0, 0.1) is 12.8 Å². The monoisotopic (exact) mass is 407 g/mol. The van der Waals surface area contributed by atoms with Crippen molar-refractivity contribution in [3.8, 4) is 0 Å². The molecular formula is C24H29N3O3. The predicted octanol–water partition coefficient (Wildman–Crippen LogP) is 3.45. The van der Waals surface area contributed by atoms with Gasteiger partial charge in [0.1, 0.15) is 11.8 Å². The highest BCUT2D eigenvalue weighted by Crippen LogP contribution is 2.43. The summed E-state index contributed by atoms with van der Waals surface area (Å²) in [6, 6.07) is 10.6. The number of pyridine rings is 1. The van der Waals surface area contributed by atoms with Crippen molar-refractivity contribution in [2.24, 2.45) is 5.92 Å². The number of nitrogens with zero attached hydrogens (tertiary/aromatic N) is 2. The first-order chi connectivity index (χ1) is 14.5. The van der Waals surface area contributed by atoms with Crippen molar-refractivity contribution < 1.29 is 14.3 Å². The lowest BCUT2D eigenvalue weighted by molar-refractivity contribution is -0.128. The number of nitrogens with one attached hydrogen (secondary N) is 1. The minimum atomic E-state index is -0.688. The van der Waals surface area contributed by atoms with Crippen LogP contribution >= 0.6 is 0 Å². The minimum absolute atomic E-state index is 0.130. The van der Waals surface area contributed by atoms with Crippen molar-refractivity contribution in [3.63, 3.8) is 0 Å². The van der Waals surface area contributed by atoms with Crippen LogP contribution in [-0.2, 0) is 16.1 Å². The molecule has 1 aliphatic carbocycles. The Balaban J connectivity index is 1.58. The topological polar surface area (TPSA) is 71.5 Å². The lowest BCUT2D eigenvalue weighted by Gasteiger charge is -2.43. The van der Waals surface area contributed by atoms with Crippen LogP contribution in [-0.4, -0.2) is 40.1 Å². The second kappa shape index (κ2) is 8.56. The molecular weight excluding hydrogens is 378 g/mol. The maximum Gasteiger partial charge on any atom is 0.256 e. The van der Waals surface area contributed by atoms with Crippen molar-refractivity contribution in [2.75, 3.05) is 6.61 Å². The van der Waals surface area contributed by atoms with Crippen molar-refractivity contribution in [3.05, 3.63) is 65.5 Å². The van der Waals surface area contributed by atoms with Gasteiger partial charge in [0.25, 0.3) is 5.91 Å². The summed E-state index contributed by atoms with van der Waals surface area (Å²) >= 11 is 0. The Morgan fingerprint density at radius 1 is 1.20 bits per heavy atom. The van der Waals surface area contributed by atoms with E-state index in [1.807, 2.05) is 43.3 Å². The molecule has 1 aliphatic heterocycles. The number of hydrogen-bond acceptors (Lipinski definition) is 4. The molecule has 2 fully saturated rings. The fourth-order valence-corrected chi connectivity index (χ4v) is 4.50. The lowest BCUT2D eigenvalue weighted by atomic mass is 9.83. The second-order valence-corrected chi connectivity index (χ2v) is 8.57. The third-order valence-corrected chi connectivity index (χ3v) is 6.32. The normalized spacial score (nSPS) is 26.0. The molecule has 1 aromatic carbocycles. The molecule has 2 amide bonds. The number of carbonyl (C=O) groups is 2. The molecule has 0 bridgehead atoms. The van der Waals surface area contributed by atoms with E-state index in [0.717, 1.165) is 36.8 Å². The fourth-order valence-electron chi connectivity index (χ4n) is 4.50. The maximum atomic E-state index is 13.6. The zero-order valence-corrected chi connectivity index (χ0v) is 17.6. The van der Waals surface area contributed by atoms with Crippen molar-refractivity contribution >= 4 is 11.8 Å². The summed E-state index contributed by atoms with van der Waals surface area (Å²) in [6.45, 7) is 4.82. The van der Waals surface area contributed by atoms with E-state index < -0.39 is 11.8 Å². The van der Waals surface area contributed by atoms with E-state index in [4.69, 9.17) is 4.74 Å². The Morgan fingerprint density at radius 3 is 2.63 bits per heavy atom. The van der Waals surface area contributed by atoms with Crippen molar-refractivity contribution in [1.29, 1.82) is 0 Å². The van der Waals surface area contributed by atoms with Gasteiger partial charge in [0.15, 0.2) is 0 Å². The minimum Gasteiger partial charge on any atom is -0.353 e. The van der Waals surface area contributed by atoms with Gasteiger partial charge in [-0.25, -0.2) is 0 Å². The highest BCUT2D eigenvalue weighted by molar-refractivity contribution is 5.98. The Labute approximate surface area is 177 Å². The molecule has 158 valence electrons. The molecule has 1 unspecified atom stereocenters. The fraction of sp³-hybridized carbons (Fsp3) is 0.458. The lowest BCUT2D eigenvalue weighted by Crippen LogP contribution is -2.56. The van der Waals surface area contributed by atoms with E-state index in [2.05, 4.69) is 17.2 Å². The van der Waals surface area contributed by atoms with Crippen molar-refractivity contribution in [2.45, 2.75) is 57.8 Å². The van der Waals surface area contributed by atoms with Gasteiger partial charge in [0.2, 0.25) is 5.91 Å². The van der Waals surface area contributed by atoms with Gasteiger partial charge >= 0.3 is 0 Å². The molecule has 1 saturated heterocycles. The standard InChI is InChI=1S/C24H29N3O3/c1-17-6-10-24(11-7-17)27(23(29)20-5-3-4-18(2)14-20)21(16-30-24)22(28)26-15-19-8-12-25-13-9-19/h3-5,8-9,12-14,17,21H,6-7,10-11,15-16H2,1-2H3,(H,26,28). The van der Waals surface area contributed by atoms with E-state index >= 15 is 0 Å². The zero-order chi connectivity index (χ0) is 21.1. The number of amides is 2. The van der Waals surface area contributed by atoms with Crippen LogP contribution in [0.2, 0.25) is 0 Å². The van der Waals surface area contributed by atoms with Gasteiger partial charge in [-0.05, 0) is 68.4 Å². The highest BCUT2D eigenvalue weighted by Gasteiger charge is 2.53. The SMILES string of the molecule is Cc1cccc(C(=O)N2C(C(=O)NCc3ccncc3)COC23CCC(C)CC3)c1. The Bertz CT molecular complexity index is 907. The number of aromatic nitrogens is 1. The summed E-state index contributed by atoms with van der Waals surface area (Å²) in [5, 5.41) is 2.98. The first kappa shape index (κ1) is 20.5. The quantitative estimate of drug-likeness (QED) is 0.843. The number of benzene rings is 1. The summed E-state index contributed by atoms with van der Waals surface area (Å²) in [5.74, 6) is 0.299. The molecule has 2 heterocycles. The number of rotatable bonds is 4. The summed E-state index contributed by atoms with van der Waals surface area (Å²) in [4.78, 5) is 32.5. The van der Waals surface area contributed by atoms with Crippen LogP contribution in [0.5, 0.6) is 0 Å². The van der Waals surface area contributed by atoms with Gasteiger partial charge in [-0.2, -0.15) is 0 Å².